The highest BCUT2D eigenvalue weighted by molar-refractivity contribution is 5.95. The highest BCUT2D eigenvalue weighted by atomic mass is 19.4. The highest BCUT2D eigenvalue weighted by Gasteiger charge is 2.45. The van der Waals surface area contributed by atoms with Crippen LogP contribution in [0.3, 0.4) is 0 Å². The summed E-state index contributed by atoms with van der Waals surface area (Å²) in [6.07, 6.45) is -2.40. The number of fused-ring (bicyclic) bond motifs is 1. The zero-order chi connectivity index (χ0) is 25.9. The molecule has 2 amide bonds. The number of benzene rings is 1. The van der Waals surface area contributed by atoms with Crippen molar-refractivity contribution in [3.8, 4) is 0 Å². The van der Waals surface area contributed by atoms with Crippen molar-refractivity contribution in [1.29, 1.82) is 0 Å². The first kappa shape index (κ1) is 26.7. The number of aliphatic hydroxyl groups is 1. The molecule has 35 heavy (non-hydrogen) atoms. The number of nitrogens with one attached hydrogen (secondary N) is 1. The molecule has 3 atom stereocenters. The third kappa shape index (κ3) is 6.05. The van der Waals surface area contributed by atoms with Crippen molar-refractivity contribution >= 4 is 11.8 Å². The van der Waals surface area contributed by atoms with Crippen molar-refractivity contribution in [1.82, 2.24) is 15.1 Å². The molecule has 1 fully saturated rings. The number of halogens is 3. The number of aliphatic hydroxyl groups excluding tert-OH is 1. The Morgan fingerprint density at radius 3 is 2.54 bits per heavy atom. The van der Waals surface area contributed by atoms with E-state index in [4.69, 9.17) is 5.73 Å². The Morgan fingerprint density at radius 2 is 1.91 bits per heavy atom. The van der Waals surface area contributed by atoms with Crippen molar-refractivity contribution in [2.45, 2.75) is 77.4 Å². The number of carbonyl (C=O) groups is 2. The number of alkyl halides is 3. The van der Waals surface area contributed by atoms with Crippen LogP contribution in [0.4, 0.5) is 13.2 Å². The maximum absolute atomic E-state index is 13.7. The Labute approximate surface area is 203 Å². The van der Waals surface area contributed by atoms with E-state index in [1.807, 2.05) is 12.1 Å². The van der Waals surface area contributed by atoms with E-state index in [2.05, 4.69) is 5.32 Å². The molecular weight excluding hydrogens is 461 g/mol. The Kier molecular flexibility index (Phi) is 8.27. The van der Waals surface area contributed by atoms with Crippen LogP contribution in [0.2, 0.25) is 0 Å². The molecule has 1 heterocycles. The van der Waals surface area contributed by atoms with E-state index in [1.54, 1.807) is 32.9 Å². The fourth-order valence-corrected chi connectivity index (χ4v) is 4.51. The zero-order valence-corrected chi connectivity index (χ0v) is 20.2. The Bertz CT molecular complexity index is 1020. The Hall–Kier alpha value is -2.85. The number of carbonyl (C=O) groups excluding carboxylic acids is 2. The summed E-state index contributed by atoms with van der Waals surface area (Å²) in [5.74, 6) is -2.45. The van der Waals surface area contributed by atoms with Gasteiger partial charge in [0.15, 0.2) is 0 Å². The first-order chi connectivity index (χ1) is 16.4. The number of hydrogen-bond acceptors (Lipinski definition) is 5. The van der Waals surface area contributed by atoms with Gasteiger partial charge in [-0.3, -0.25) is 9.59 Å². The molecule has 0 bridgehead atoms. The minimum Gasteiger partial charge on any atom is -0.372 e. The summed E-state index contributed by atoms with van der Waals surface area (Å²) in [7, 11) is 0. The van der Waals surface area contributed by atoms with E-state index >= 15 is 0 Å². The topological polar surface area (TPSA) is 98.9 Å². The summed E-state index contributed by atoms with van der Waals surface area (Å²) in [5, 5.41) is 12.9. The number of likely N-dealkylation sites (tertiary alicyclic amines) is 1. The fourth-order valence-electron chi connectivity index (χ4n) is 4.51. The summed E-state index contributed by atoms with van der Waals surface area (Å²) in [6, 6.07) is 5.77. The summed E-state index contributed by atoms with van der Waals surface area (Å²) in [6.45, 7) is 5.24. The van der Waals surface area contributed by atoms with E-state index < -0.39 is 36.3 Å². The van der Waals surface area contributed by atoms with Crippen LogP contribution in [0.1, 0.15) is 63.6 Å². The van der Waals surface area contributed by atoms with Crippen LogP contribution >= 0.6 is 0 Å². The second kappa shape index (κ2) is 10.8. The Morgan fingerprint density at radius 1 is 1.23 bits per heavy atom. The first-order valence-corrected chi connectivity index (χ1v) is 11.8. The zero-order valence-electron chi connectivity index (χ0n) is 20.2. The molecule has 10 heteroatoms. The molecule has 0 aromatic heterocycles. The first-order valence-electron chi connectivity index (χ1n) is 11.8. The molecule has 1 aliphatic heterocycles. The summed E-state index contributed by atoms with van der Waals surface area (Å²) in [5.41, 5.74) is 8.35. The SMILES string of the molecule is CC(C)=C(NC(O)[C@H](C)N)C(=O)N1CCC/C1=C\N(C(=O)C(F)(F)F)C1CCCc2ccccc21. The van der Waals surface area contributed by atoms with Gasteiger partial charge in [0, 0.05) is 24.5 Å². The number of amides is 2. The lowest BCUT2D eigenvalue weighted by molar-refractivity contribution is -0.185. The molecule has 0 saturated carbocycles. The second-order valence-electron chi connectivity index (χ2n) is 9.32. The molecule has 0 spiro atoms. The predicted molar refractivity (Wildman–Crippen MR) is 125 cm³/mol. The maximum Gasteiger partial charge on any atom is 0.471 e. The molecule has 7 nitrogen and oxygen atoms in total. The van der Waals surface area contributed by atoms with E-state index in [9.17, 15) is 27.9 Å². The van der Waals surface area contributed by atoms with Crippen molar-refractivity contribution in [2.24, 2.45) is 5.73 Å². The lowest BCUT2D eigenvalue weighted by Gasteiger charge is -2.35. The van der Waals surface area contributed by atoms with Gasteiger partial charge in [0.05, 0.1) is 6.04 Å². The molecule has 4 N–H and O–H groups in total. The van der Waals surface area contributed by atoms with Crippen molar-refractivity contribution in [2.75, 3.05) is 6.54 Å². The highest BCUT2D eigenvalue weighted by Crippen LogP contribution is 2.38. The molecule has 1 saturated heterocycles. The number of hydrogen-bond donors (Lipinski definition) is 3. The molecular formula is C25H33F3N4O3. The van der Waals surface area contributed by atoms with Gasteiger partial charge in [-0.15, -0.1) is 0 Å². The number of allylic oxidation sites excluding steroid dienone is 2. The van der Waals surface area contributed by atoms with Crippen molar-refractivity contribution in [3.05, 3.63) is 58.6 Å². The quantitative estimate of drug-likeness (QED) is 0.416. The minimum atomic E-state index is -5.06. The van der Waals surface area contributed by atoms with Gasteiger partial charge in [0.1, 0.15) is 11.9 Å². The van der Waals surface area contributed by atoms with Gasteiger partial charge in [-0.1, -0.05) is 24.3 Å². The normalized spacial score (nSPS) is 20.7. The van der Waals surface area contributed by atoms with Crippen LogP contribution in [-0.4, -0.2) is 51.7 Å². The number of nitrogens with two attached hydrogens (primary N) is 1. The van der Waals surface area contributed by atoms with Crippen LogP contribution in [-0.2, 0) is 16.0 Å². The number of nitrogens with zero attached hydrogens (tertiary/aromatic N) is 2. The van der Waals surface area contributed by atoms with Gasteiger partial charge in [0.25, 0.3) is 5.91 Å². The molecule has 0 radical (unpaired) electrons. The van der Waals surface area contributed by atoms with Crippen LogP contribution < -0.4 is 11.1 Å². The molecule has 1 aromatic carbocycles. The lowest BCUT2D eigenvalue weighted by Crippen LogP contribution is -2.46. The maximum atomic E-state index is 13.7. The average molecular weight is 495 g/mol. The van der Waals surface area contributed by atoms with E-state index in [-0.39, 0.29) is 12.2 Å². The van der Waals surface area contributed by atoms with Gasteiger partial charge in [-0.25, -0.2) is 0 Å². The monoisotopic (exact) mass is 494 g/mol. The largest absolute Gasteiger partial charge is 0.471 e. The number of aryl methyl sites for hydroxylation is 1. The van der Waals surface area contributed by atoms with Gasteiger partial charge in [-0.2, -0.15) is 13.2 Å². The predicted octanol–water partition coefficient (Wildman–Crippen LogP) is 3.47. The summed E-state index contributed by atoms with van der Waals surface area (Å²) in [4.78, 5) is 28.1. The van der Waals surface area contributed by atoms with Crippen molar-refractivity contribution in [3.63, 3.8) is 0 Å². The summed E-state index contributed by atoms with van der Waals surface area (Å²) >= 11 is 0. The molecule has 1 aromatic rings. The van der Waals surface area contributed by atoms with Crippen LogP contribution in [0.5, 0.6) is 0 Å². The smallest absolute Gasteiger partial charge is 0.372 e. The molecule has 2 aliphatic rings. The molecule has 1 aliphatic carbocycles. The van der Waals surface area contributed by atoms with Gasteiger partial charge in [-0.05, 0) is 69.6 Å². The lowest BCUT2D eigenvalue weighted by atomic mass is 9.87. The molecule has 192 valence electrons. The average Bonchev–Trinajstić information content (AvgIpc) is 3.27. The molecule has 2 unspecified atom stereocenters. The van der Waals surface area contributed by atoms with Crippen LogP contribution in [0, 0.1) is 0 Å². The summed E-state index contributed by atoms with van der Waals surface area (Å²) < 4.78 is 41.0. The molecule has 3 rings (SSSR count). The third-order valence-corrected chi connectivity index (χ3v) is 6.35. The van der Waals surface area contributed by atoms with Gasteiger partial charge >= 0.3 is 12.1 Å². The van der Waals surface area contributed by atoms with Gasteiger partial charge < -0.3 is 26.0 Å². The van der Waals surface area contributed by atoms with E-state index in [0.29, 0.717) is 42.5 Å². The standard InChI is InChI=1S/C25H33F3N4O3/c1-15(2)21(30-22(33)16(3)29)23(34)31-13-7-10-18(31)14-32(24(35)25(26,27)28)20-12-6-9-17-8-4-5-11-19(17)20/h4-5,8,11,14,16,20,22,30,33H,6-7,9-10,12-13,29H2,1-3H3/b18-14+/t16-,20?,22?/m0/s1. The third-order valence-electron chi connectivity index (χ3n) is 6.35. The fraction of sp³-hybridized carbons (Fsp3) is 0.520. The van der Waals surface area contributed by atoms with E-state index in [1.165, 1.54) is 11.1 Å². The Balaban J connectivity index is 1.99. The van der Waals surface area contributed by atoms with Crippen LogP contribution in [0.25, 0.3) is 0 Å². The van der Waals surface area contributed by atoms with E-state index in [0.717, 1.165) is 16.9 Å². The van der Waals surface area contributed by atoms with Gasteiger partial charge in [0.2, 0.25) is 0 Å². The number of rotatable bonds is 6. The minimum absolute atomic E-state index is 0.124. The van der Waals surface area contributed by atoms with Crippen molar-refractivity contribution < 1.29 is 27.9 Å². The van der Waals surface area contributed by atoms with Crippen LogP contribution in [0.15, 0.2) is 47.4 Å². The second-order valence-corrected chi connectivity index (χ2v) is 9.32.